The van der Waals surface area contributed by atoms with E-state index in [1.165, 1.54) is 0 Å². The van der Waals surface area contributed by atoms with Crippen molar-refractivity contribution in [2.75, 3.05) is 6.61 Å². The highest BCUT2D eigenvalue weighted by Gasteiger charge is 2.20. The number of ether oxygens (including phenoxy) is 1. The van der Waals surface area contributed by atoms with Crippen LogP contribution in [0.25, 0.3) is 10.4 Å². The van der Waals surface area contributed by atoms with Crippen molar-refractivity contribution in [1.29, 1.82) is 0 Å². The molecule has 0 aromatic heterocycles. The van der Waals surface area contributed by atoms with Crippen molar-refractivity contribution in [2.45, 2.75) is 19.1 Å². The monoisotopic (exact) mass is 283 g/mol. The lowest BCUT2D eigenvalue weighted by Crippen LogP contribution is -2.24. The van der Waals surface area contributed by atoms with Gasteiger partial charge in [-0.05, 0) is 30.2 Å². The maximum absolute atomic E-state index is 10.2. The molecule has 2 aromatic rings. The van der Waals surface area contributed by atoms with Crippen LogP contribution < -0.4 is 4.74 Å². The third-order valence-electron chi connectivity index (χ3n) is 3.12. The number of aryl methyl sites for hydroxylation is 1. The van der Waals surface area contributed by atoms with Crippen molar-refractivity contribution in [3.8, 4) is 5.75 Å². The molecule has 0 aliphatic rings. The van der Waals surface area contributed by atoms with E-state index in [2.05, 4.69) is 10.0 Å². The number of benzene rings is 2. The van der Waals surface area contributed by atoms with Gasteiger partial charge in [0.1, 0.15) is 18.5 Å². The summed E-state index contributed by atoms with van der Waals surface area (Å²) in [5.41, 5.74) is 10.6. The molecule has 0 aliphatic carbocycles. The predicted molar refractivity (Wildman–Crippen MR) is 81.0 cm³/mol. The summed E-state index contributed by atoms with van der Waals surface area (Å²) < 4.78 is 5.54. The van der Waals surface area contributed by atoms with Gasteiger partial charge >= 0.3 is 0 Å². The molecule has 2 rings (SSSR count). The van der Waals surface area contributed by atoms with Crippen LogP contribution in [0.5, 0.6) is 5.75 Å². The molecule has 0 saturated heterocycles. The Morgan fingerprint density at radius 3 is 2.43 bits per heavy atom. The molecule has 0 unspecified atom stereocenters. The van der Waals surface area contributed by atoms with Crippen LogP contribution in [0.3, 0.4) is 0 Å². The Hall–Kier alpha value is -2.49. The van der Waals surface area contributed by atoms with Crippen LogP contribution in [0, 0.1) is 6.92 Å². The first-order valence-corrected chi connectivity index (χ1v) is 6.67. The molecule has 0 radical (unpaired) electrons. The fourth-order valence-electron chi connectivity index (χ4n) is 1.98. The summed E-state index contributed by atoms with van der Waals surface area (Å²) in [5, 5.41) is 13.9. The van der Waals surface area contributed by atoms with E-state index in [1.54, 1.807) is 0 Å². The lowest BCUT2D eigenvalue weighted by Gasteiger charge is -2.19. The van der Waals surface area contributed by atoms with E-state index >= 15 is 0 Å². The lowest BCUT2D eigenvalue weighted by atomic mass is 10.0. The molecular formula is C16H17N3O2. The van der Waals surface area contributed by atoms with Crippen LogP contribution in [0.1, 0.15) is 17.2 Å². The quantitative estimate of drug-likeness (QED) is 0.497. The molecule has 5 heteroatoms. The highest BCUT2D eigenvalue weighted by Crippen LogP contribution is 2.22. The number of aliphatic hydroxyl groups excluding tert-OH is 1. The van der Waals surface area contributed by atoms with E-state index in [-0.39, 0.29) is 6.61 Å². The van der Waals surface area contributed by atoms with Crippen molar-refractivity contribution in [1.82, 2.24) is 0 Å². The minimum absolute atomic E-state index is 0.0572. The Morgan fingerprint density at radius 2 is 1.81 bits per heavy atom. The fourth-order valence-corrected chi connectivity index (χ4v) is 1.98. The zero-order valence-corrected chi connectivity index (χ0v) is 11.8. The fraction of sp³-hybridized carbons (Fsp3) is 0.250. The smallest absolute Gasteiger partial charge is 0.119 e. The number of hydrogen-bond donors (Lipinski definition) is 1. The van der Waals surface area contributed by atoms with Crippen molar-refractivity contribution in [3.63, 3.8) is 0 Å². The Labute approximate surface area is 123 Å². The highest BCUT2D eigenvalue weighted by atomic mass is 16.5. The molecule has 1 N–H and O–H groups in total. The summed E-state index contributed by atoms with van der Waals surface area (Å²) in [6.07, 6.45) is -0.912. The average molecular weight is 283 g/mol. The average Bonchev–Trinajstić information content (AvgIpc) is 2.52. The molecule has 2 aromatic carbocycles. The Kier molecular flexibility index (Phi) is 5.21. The molecule has 21 heavy (non-hydrogen) atoms. The summed E-state index contributed by atoms with van der Waals surface area (Å²) in [4.78, 5) is 2.81. The molecule has 0 saturated carbocycles. The molecule has 0 amide bonds. The summed E-state index contributed by atoms with van der Waals surface area (Å²) in [6, 6.07) is 16.1. The Bertz CT molecular complexity index is 607. The number of nitrogens with zero attached hydrogens (tertiary/aromatic N) is 3. The van der Waals surface area contributed by atoms with Gasteiger partial charge in [0.15, 0.2) is 0 Å². The van der Waals surface area contributed by atoms with Gasteiger partial charge < -0.3 is 9.84 Å². The van der Waals surface area contributed by atoms with Gasteiger partial charge in [0, 0.05) is 4.91 Å². The molecule has 0 aliphatic heterocycles. The second-order valence-corrected chi connectivity index (χ2v) is 4.75. The van der Waals surface area contributed by atoms with E-state index in [0.717, 1.165) is 11.1 Å². The third kappa shape index (κ3) is 4.24. The first kappa shape index (κ1) is 14.9. The van der Waals surface area contributed by atoms with Crippen molar-refractivity contribution < 1.29 is 9.84 Å². The van der Waals surface area contributed by atoms with Crippen LogP contribution in [0.2, 0.25) is 0 Å². The standard InChI is InChI=1S/C16H17N3O2/c1-12-7-9-14(10-8-12)21-11-15(20)16(18-19-17)13-5-3-2-4-6-13/h2-10,15-16,20H,11H2,1H3/t15-,16-/m1/s1. The third-order valence-corrected chi connectivity index (χ3v) is 3.12. The van der Waals surface area contributed by atoms with Gasteiger partial charge in [-0.3, -0.25) is 0 Å². The Morgan fingerprint density at radius 1 is 1.14 bits per heavy atom. The summed E-state index contributed by atoms with van der Waals surface area (Å²) in [7, 11) is 0. The van der Waals surface area contributed by atoms with Gasteiger partial charge in [-0.1, -0.05) is 53.1 Å². The van der Waals surface area contributed by atoms with Crippen molar-refractivity contribution >= 4 is 0 Å². The molecule has 5 nitrogen and oxygen atoms in total. The molecule has 0 spiro atoms. The second kappa shape index (κ2) is 7.33. The number of rotatable bonds is 6. The molecular weight excluding hydrogens is 266 g/mol. The van der Waals surface area contributed by atoms with E-state index < -0.39 is 12.1 Å². The van der Waals surface area contributed by atoms with Gasteiger partial charge in [0.05, 0.1) is 6.04 Å². The number of azide groups is 1. The van der Waals surface area contributed by atoms with Crippen molar-refractivity contribution in [2.24, 2.45) is 5.11 Å². The number of aliphatic hydroxyl groups is 1. The molecule has 0 fully saturated rings. The van der Waals surface area contributed by atoms with E-state index in [0.29, 0.717) is 5.75 Å². The van der Waals surface area contributed by atoms with Gasteiger partial charge in [0.25, 0.3) is 0 Å². The highest BCUT2D eigenvalue weighted by molar-refractivity contribution is 5.26. The van der Waals surface area contributed by atoms with E-state index in [9.17, 15) is 5.11 Å². The zero-order chi connectivity index (χ0) is 15.1. The summed E-state index contributed by atoms with van der Waals surface area (Å²) >= 11 is 0. The van der Waals surface area contributed by atoms with E-state index in [1.807, 2.05) is 61.5 Å². The summed E-state index contributed by atoms with van der Waals surface area (Å²) in [5.74, 6) is 0.674. The zero-order valence-electron chi connectivity index (χ0n) is 11.8. The molecule has 0 heterocycles. The SMILES string of the molecule is Cc1ccc(OC[C@@H](O)[C@H](N=[N+]=[N-])c2ccccc2)cc1. The van der Waals surface area contributed by atoms with Crippen LogP contribution in [-0.4, -0.2) is 17.8 Å². The predicted octanol–water partition coefficient (Wildman–Crippen LogP) is 3.79. The maximum Gasteiger partial charge on any atom is 0.119 e. The van der Waals surface area contributed by atoms with Gasteiger partial charge in [-0.2, -0.15) is 0 Å². The molecule has 0 bridgehead atoms. The largest absolute Gasteiger partial charge is 0.491 e. The normalized spacial score (nSPS) is 13.0. The lowest BCUT2D eigenvalue weighted by molar-refractivity contribution is 0.0852. The van der Waals surface area contributed by atoms with Crippen LogP contribution in [-0.2, 0) is 0 Å². The summed E-state index contributed by atoms with van der Waals surface area (Å²) in [6.45, 7) is 2.05. The van der Waals surface area contributed by atoms with Gasteiger partial charge in [-0.15, -0.1) is 0 Å². The van der Waals surface area contributed by atoms with Crippen LogP contribution >= 0.6 is 0 Å². The number of hydrogen-bond acceptors (Lipinski definition) is 3. The van der Waals surface area contributed by atoms with Gasteiger partial charge in [0.2, 0.25) is 0 Å². The minimum Gasteiger partial charge on any atom is -0.491 e. The second-order valence-electron chi connectivity index (χ2n) is 4.75. The first-order chi connectivity index (χ1) is 10.2. The van der Waals surface area contributed by atoms with Crippen molar-refractivity contribution in [3.05, 3.63) is 76.2 Å². The van der Waals surface area contributed by atoms with Crippen LogP contribution in [0.15, 0.2) is 59.7 Å². The Balaban J connectivity index is 2.04. The molecule has 108 valence electrons. The van der Waals surface area contributed by atoms with E-state index in [4.69, 9.17) is 10.3 Å². The minimum atomic E-state index is -0.912. The first-order valence-electron chi connectivity index (χ1n) is 6.67. The topological polar surface area (TPSA) is 78.2 Å². The van der Waals surface area contributed by atoms with Crippen LogP contribution in [0.4, 0.5) is 0 Å². The maximum atomic E-state index is 10.2. The molecule has 2 atom stereocenters. The van der Waals surface area contributed by atoms with Gasteiger partial charge in [-0.25, -0.2) is 0 Å².